The average molecular weight is 520 g/mol. The highest BCUT2D eigenvalue weighted by atomic mass is 35.5. The van der Waals surface area contributed by atoms with E-state index >= 15 is 0 Å². The summed E-state index contributed by atoms with van der Waals surface area (Å²) in [5.74, 6) is -1.86. The van der Waals surface area contributed by atoms with E-state index in [-0.39, 0.29) is 17.7 Å². The number of nitrogen functional groups attached to an aromatic ring is 1. The van der Waals surface area contributed by atoms with Gasteiger partial charge in [0, 0.05) is 36.8 Å². The molecule has 188 valence electrons. The molecule has 0 saturated carbocycles. The van der Waals surface area contributed by atoms with Crippen molar-refractivity contribution in [1.29, 1.82) is 0 Å². The number of fused-ring (bicyclic) bond motifs is 1. The highest BCUT2D eigenvalue weighted by molar-refractivity contribution is 6.30. The van der Waals surface area contributed by atoms with Gasteiger partial charge in [0.2, 0.25) is 17.8 Å². The zero-order chi connectivity index (χ0) is 26.1. The normalized spacial score (nSPS) is 14.5. The fraction of sp³-hybridized carbons (Fsp3) is 0.192. The maximum atomic E-state index is 13.4. The van der Waals surface area contributed by atoms with Crippen molar-refractivity contribution in [2.24, 2.45) is 5.73 Å². The number of hydrogen-bond acceptors (Lipinski definition) is 7. The molecule has 1 fully saturated rings. The molecule has 1 saturated heterocycles. The molecule has 9 nitrogen and oxygen atoms in total. The average Bonchev–Trinajstić information content (AvgIpc) is 2.89. The van der Waals surface area contributed by atoms with E-state index in [1.54, 1.807) is 53.4 Å². The van der Waals surface area contributed by atoms with Gasteiger partial charge in [-0.25, -0.2) is 14.4 Å². The molecule has 1 aliphatic rings. The molecule has 0 bridgehead atoms. The summed E-state index contributed by atoms with van der Waals surface area (Å²) in [4.78, 5) is 42.5. The van der Waals surface area contributed by atoms with E-state index in [0.717, 1.165) is 5.56 Å². The van der Waals surface area contributed by atoms with E-state index in [1.165, 1.54) is 12.1 Å². The van der Waals surface area contributed by atoms with E-state index in [1.807, 2.05) is 4.90 Å². The van der Waals surface area contributed by atoms with Crippen LogP contribution in [0.2, 0.25) is 5.02 Å². The Balaban J connectivity index is 1.39. The summed E-state index contributed by atoms with van der Waals surface area (Å²) in [5.41, 5.74) is 14.6. The fourth-order valence-corrected chi connectivity index (χ4v) is 4.55. The first-order chi connectivity index (χ1) is 17.8. The van der Waals surface area contributed by atoms with E-state index in [4.69, 9.17) is 28.1 Å². The van der Waals surface area contributed by atoms with Gasteiger partial charge in [0.25, 0.3) is 0 Å². The number of amides is 2. The molecular weight excluding hydrogens is 497 g/mol. The minimum atomic E-state index is -1.10. The van der Waals surface area contributed by atoms with E-state index < -0.39 is 11.8 Å². The lowest BCUT2D eigenvalue weighted by molar-refractivity contribution is -0.137. The number of benzene rings is 2. The van der Waals surface area contributed by atoms with Crippen molar-refractivity contribution in [3.8, 4) is 11.3 Å². The Morgan fingerprint density at radius 2 is 1.57 bits per heavy atom. The van der Waals surface area contributed by atoms with E-state index in [9.17, 15) is 14.0 Å². The number of primary amides is 1. The monoisotopic (exact) mass is 519 g/mol. The van der Waals surface area contributed by atoms with Crippen LogP contribution in [0.4, 0.5) is 16.2 Å². The summed E-state index contributed by atoms with van der Waals surface area (Å²) in [6.07, 6.45) is 0. The lowest BCUT2D eigenvalue weighted by atomic mass is 9.96. The van der Waals surface area contributed by atoms with Crippen LogP contribution >= 0.6 is 11.6 Å². The third-order valence-electron chi connectivity index (χ3n) is 6.31. The Morgan fingerprint density at radius 3 is 2.22 bits per heavy atom. The van der Waals surface area contributed by atoms with Crippen LogP contribution in [0.25, 0.3) is 22.3 Å². The second kappa shape index (κ2) is 9.98. The van der Waals surface area contributed by atoms with Crippen molar-refractivity contribution in [2.45, 2.75) is 5.92 Å². The molecule has 3 heterocycles. The maximum Gasteiger partial charge on any atom is 0.239 e. The number of piperazine rings is 1. The molecule has 2 aromatic heterocycles. The fourth-order valence-electron chi connectivity index (χ4n) is 4.42. The number of nitrogens with two attached hydrogens (primary N) is 2. The Bertz CT molecular complexity index is 1470. The Kier molecular flexibility index (Phi) is 6.58. The zero-order valence-electron chi connectivity index (χ0n) is 19.6. The van der Waals surface area contributed by atoms with Gasteiger partial charge in [-0.15, -0.1) is 0 Å². The van der Waals surface area contributed by atoms with Gasteiger partial charge in [-0.2, -0.15) is 4.98 Å². The third kappa shape index (κ3) is 5.01. The molecule has 2 amide bonds. The van der Waals surface area contributed by atoms with Crippen molar-refractivity contribution in [1.82, 2.24) is 19.9 Å². The Labute approximate surface area is 216 Å². The second-order valence-electron chi connectivity index (χ2n) is 8.68. The Morgan fingerprint density at radius 1 is 0.892 bits per heavy atom. The van der Waals surface area contributed by atoms with Gasteiger partial charge in [-0.05, 0) is 54.1 Å². The third-order valence-corrected chi connectivity index (χ3v) is 6.56. The molecule has 5 rings (SSSR count). The summed E-state index contributed by atoms with van der Waals surface area (Å²) in [6, 6.07) is 16.2. The number of carbonyl (C=O) groups excluding carboxylic acids is 2. The molecule has 1 atom stereocenters. The molecule has 4 aromatic rings. The van der Waals surface area contributed by atoms with Gasteiger partial charge in [0.15, 0.2) is 5.82 Å². The molecule has 1 aliphatic heterocycles. The molecule has 1 unspecified atom stereocenters. The van der Waals surface area contributed by atoms with Crippen LogP contribution in [0.1, 0.15) is 11.5 Å². The topological polar surface area (TPSA) is 131 Å². The standard InChI is InChI=1S/C26H23ClFN7O2/c27-17-5-1-16(2-6-17)21(23(29)36)25(37)35-13-11-34(12-14-35)24-22-20(32-26(30)33-24)10-9-19(31-22)15-3-7-18(28)8-4-15/h1-10,21H,11-14H2,(H2,29,36)(H2,30,32,33). The number of halogens is 2. The van der Waals surface area contributed by atoms with Crippen LogP contribution in [0.3, 0.4) is 0 Å². The van der Waals surface area contributed by atoms with Crippen LogP contribution in [0.15, 0.2) is 60.7 Å². The minimum Gasteiger partial charge on any atom is -0.369 e. The molecule has 37 heavy (non-hydrogen) atoms. The van der Waals surface area contributed by atoms with Gasteiger partial charge in [-0.3, -0.25) is 9.59 Å². The SMILES string of the molecule is NC(=O)C(C(=O)N1CCN(c2nc(N)nc3ccc(-c4ccc(F)cc4)nc23)CC1)c1ccc(Cl)cc1. The highest BCUT2D eigenvalue weighted by Gasteiger charge is 2.33. The van der Waals surface area contributed by atoms with Gasteiger partial charge in [0.05, 0.1) is 11.2 Å². The first kappa shape index (κ1) is 24.4. The lowest BCUT2D eigenvalue weighted by Gasteiger charge is -2.36. The van der Waals surface area contributed by atoms with Crippen molar-refractivity contribution in [3.05, 3.63) is 77.1 Å². The van der Waals surface area contributed by atoms with Gasteiger partial charge in [-0.1, -0.05) is 23.7 Å². The lowest BCUT2D eigenvalue weighted by Crippen LogP contribution is -2.51. The predicted molar refractivity (Wildman–Crippen MR) is 139 cm³/mol. The summed E-state index contributed by atoms with van der Waals surface area (Å²) in [5, 5.41) is 0.501. The summed E-state index contributed by atoms with van der Waals surface area (Å²) in [7, 11) is 0. The van der Waals surface area contributed by atoms with Gasteiger partial charge < -0.3 is 21.3 Å². The number of pyridine rings is 1. The number of nitrogens with zero attached hydrogens (tertiary/aromatic N) is 5. The highest BCUT2D eigenvalue weighted by Crippen LogP contribution is 2.28. The van der Waals surface area contributed by atoms with E-state index in [0.29, 0.717) is 59.3 Å². The second-order valence-corrected chi connectivity index (χ2v) is 9.11. The quantitative estimate of drug-likeness (QED) is 0.387. The van der Waals surface area contributed by atoms with Crippen LogP contribution in [0, 0.1) is 5.82 Å². The molecule has 2 aromatic carbocycles. The van der Waals surface area contributed by atoms with Crippen molar-refractivity contribution >= 4 is 46.2 Å². The molecule has 0 spiro atoms. The summed E-state index contributed by atoms with van der Waals surface area (Å²) in [6.45, 7) is 1.57. The first-order valence-corrected chi connectivity index (χ1v) is 12.0. The number of carbonyl (C=O) groups is 2. The summed E-state index contributed by atoms with van der Waals surface area (Å²) < 4.78 is 13.4. The first-order valence-electron chi connectivity index (χ1n) is 11.6. The van der Waals surface area contributed by atoms with Crippen molar-refractivity contribution in [2.75, 3.05) is 36.8 Å². The number of rotatable bonds is 5. The van der Waals surface area contributed by atoms with Crippen LogP contribution in [-0.2, 0) is 9.59 Å². The van der Waals surface area contributed by atoms with Crippen molar-refractivity contribution < 1.29 is 14.0 Å². The number of aromatic nitrogens is 3. The smallest absolute Gasteiger partial charge is 0.239 e. The largest absolute Gasteiger partial charge is 0.369 e. The predicted octanol–water partition coefficient (Wildman–Crippen LogP) is 2.98. The molecule has 0 aliphatic carbocycles. The van der Waals surface area contributed by atoms with Crippen LogP contribution in [-0.4, -0.2) is 57.8 Å². The zero-order valence-corrected chi connectivity index (χ0v) is 20.4. The van der Waals surface area contributed by atoms with Gasteiger partial charge in [0.1, 0.15) is 17.3 Å². The van der Waals surface area contributed by atoms with Crippen LogP contribution in [0.5, 0.6) is 0 Å². The molecular formula is C26H23ClFN7O2. The molecule has 11 heteroatoms. The number of hydrogen-bond donors (Lipinski definition) is 2. The maximum absolute atomic E-state index is 13.4. The summed E-state index contributed by atoms with van der Waals surface area (Å²) >= 11 is 5.95. The molecule has 4 N–H and O–H groups in total. The van der Waals surface area contributed by atoms with Crippen molar-refractivity contribution in [3.63, 3.8) is 0 Å². The van der Waals surface area contributed by atoms with Crippen LogP contribution < -0.4 is 16.4 Å². The Hall–Kier alpha value is -4.31. The minimum absolute atomic E-state index is 0.105. The van der Waals surface area contributed by atoms with E-state index in [2.05, 4.69) is 9.97 Å². The van der Waals surface area contributed by atoms with Gasteiger partial charge >= 0.3 is 0 Å². The molecule has 0 radical (unpaired) electrons. The number of anilines is 2.